The highest BCUT2D eigenvalue weighted by Crippen LogP contribution is 2.21. The Bertz CT molecular complexity index is 962. The lowest BCUT2D eigenvalue weighted by Gasteiger charge is -2.09. The van der Waals surface area contributed by atoms with Gasteiger partial charge in [-0.05, 0) is 36.2 Å². The predicted octanol–water partition coefficient (Wildman–Crippen LogP) is 2.40. The monoisotopic (exact) mass is 413 g/mol. The summed E-state index contributed by atoms with van der Waals surface area (Å²) in [5.41, 5.74) is 0.304. The summed E-state index contributed by atoms with van der Waals surface area (Å²) >= 11 is 5.89. The third kappa shape index (κ3) is 6.04. The molecule has 27 heavy (non-hydrogen) atoms. The second-order valence-corrected chi connectivity index (χ2v) is 8.10. The smallest absolute Gasteiger partial charge is 0.340 e. The van der Waals surface area contributed by atoms with E-state index in [1.807, 2.05) is 0 Å². The molecule has 2 rings (SSSR count). The third-order valence-corrected chi connectivity index (χ3v) is 5.03. The molecule has 0 heterocycles. The molecule has 0 bridgehead atoms. The fraction of sp³-hybridized carbons (Fsp3) is 0.222. The Hall–Kier alpha value is -2.45. The Morgan fingerprint density at radius 3 is 2.56 bits per heavy atom. The average Bonchev–Trinajstić information content (AvgIpc) is 2.60. The van der Waals surface area contributed by atoms with Crippen molar-refractivity contribution in [2.45, 2.75) is 11.3 Å². The van der Waals surface area contributed by atoms with Crippen molar-refractivity contribution in [2.24, 2.45) is 0 Å². The minimum atomic E-state index is -3.53. The molecular weight excluding hydrogens is 397 g/mol. The molecule has 0 saturated heterocycles. The van der Waals surface area contributed by atoms with Crippen molar-refractivity contribution in [3.8, 4) is 0 Å². The van der Waals surface area contributed by atoms with Gasteiger partial charge in [0.25, 0.3) is 5.91 Å². The molecule has 0 atom stereocenters. The summed E-state index contributed by atoms with van der Waals surface area (Å²) in [5.74, 6) is -1.86. The number of hydrogen-bond acceptors (Lipinski definition) is 5. The molecule has 1 N–H and O–H groups in total. The van der Waals surface area contributed by atoms with Gasteiger partial charge in [0.1, 0.15) is 5.82 Å². The zero-order chi connectivity index (χ0) is 20.0. The van der Waals surface area contributed by atoms with E-state index in [0.29, 0.717) is 5.56 Å². The molecule has 0 spiro atoms. The Kier molecular flexibility index (Phi) is 6.92. The van der Waals surface area contributed by atoms with Gasteiger partial charge in [0.15, 0.2) is 16.4 Å². The molecule has 2 aromatic carbocycles. The van der Waals surface area contributed by atoms with Crippen molar-refractivity contribution in [3.05, 3.63) is 64.4 Å². The van der Waals surface area contributed by atoms with E-state index in [1.54, 1.807) is 18.2 Å². The maximum Gasteiger partial charge on any atom is 0.340 e. The molecule has 1 amide bonds. The molecule has 0 unspecified atom stereocenters. The van der Waals surface area contributed by atoms with Crippen molar-refractivity contribution in [3.63, 3.8) is 0 Å². The van der Waals surface area contributed by atoms with Gasteiger partial charge in [-0.2, -0.15) is 0 Å². The van der Waals surface area contributed by atoms with Crippen LogP contribution in [0.1, 0.15) is 15.9 Å². The summed E-state index contributed by atoms with van der Waals surface area (Å²) in [7, 11) is -3.53. The van der Waals surface area contributed by atoms with Gasteiger partial charge in [-0.1, -0.05) is 29.8 Å². The fourth-order valence-corrected chi connectivity index (χ4v) is 3.03. The van der Waals surface area contributed by atoms with E-state index in [-0.39, 0.29) is 34.3 Å². The number of ether oxygens (including phenoxy) is 1. The average molecular weight is 414 g/mol. The summed E-state index contributed by atoms with van der Waals surface area (Å²) in [6, 6.07) is 9.83. The molecule has 6 nitrogen and oxygen atoms in total. The number of rotatable bonds is 7. The molecule has 0 aliphatic heterocycles. The Morgan fingerprint density at radius 2 is 1.89 bits per heavy atom. The Morgan fingerprint density at radius 1 is 1.19 bits per heavy atom. The van der Waals surface area contributed by atoms with Crippen molar-refractivity contribution in [1.82, 2.24) is 5.32 Å². The van der Waals surface area contributed by atoms with Gasteiger partial charge < -0.3 is 10.1 Å². The van der Waals surface area contributed by atoms with Gasteiger partial charge in [0, 0.05) is 12.8 Å². The number of carbonyl (C=O) groups excluding carboxylic acids is 2. The minimum absolute atomic E-state index is 0.00682. The van der Waals surface area contributed by atoms with Crippen LogP contribution in [-0.4, -0.2) is 39.7 Å². The highest BCUT2D eigenvalue weighted by atomic mass is 35.5. The summed E-state index contributed by atoms with van der Waals surface area (Å²) in [6.45, 7) is -0.406. The van der Waals surface area contributed by atoms with Crippen LogP contribution in [-0.2, 0) is 25.8 Å². The molecule has 9 heteroatoms. The van der Waals surface area contributed by atoms with Gasteiger partial charge in [0.05, 0.1) is 15.5 Å². The molecule has 0 saturated carbocycles. The zero-order valence-corrected chi connectivity index (χ0v) is 15.9. The van der Waals surface area contributed by atoms with Crippen LogP contribution in [0.3, 0.4) is 0 Å². The van der Waals surface area contributed by atoms with Crippen LogP contribution in [0.15, 0.2) is 47.4 Å². The van der Waals surface area contributed by atoms with Crippen LogP contribution in [0, 0.1) is 5.82 Å². The lowest BCUT2D eigenvalue weighted by atomic mass is 10.1. The number of nitrogens with one attached hydrogen (secondary N) is 1. The minimum Gasteiger partial charge on any atom is -0.452 e. The summed E-state index contributed by atoms with van der Waals surface area (Å²) in [4.78, 5) is 23.7. The highest BCUT2D eigenvalue weighted by Gasteiger charge is 2.17. The van der Waals surface area contributed by atoms with Gasteiger partial charge in [0.2, 0.25) is 0 Å². The van der Waals surface area contributed by atoms with E-state index >= 15 is 0 Å². The van der Waals surface area contributed by atoms with Crippen LogP contribution in [0.2, 0.25) is 5.02 Å². The maximum absolute atomic E-state index is 13.5. The van der Waals surface area contributed by atoms with E-state index in [0.717, 1.165) is 12.3 Å². The Labute approximate surface area is 161 Å². The van der Waals surface area contributed by atoms with Crippen molar-refractivity contribution in [1.29, 1.82) is 0 Å². The van der Waals surface area contributed by atoms with Crippen molar-refractivity contribution in [2.75, 3.05) is 19.4 Å². The topological polar surface area (TPSA) is 89.5 Å². The first-order valence-corrected chi connectivity index (χ1v) is 10.1. The molecule has 0 aliphatic carbocycles. The number of hydrogen-bond donors (Lipinski definition) is 1. The van der Waals surface area contributed by atoms with Gasteiger partial charge in [-0.15, -0.1) is 0 Å². The normalized spacial score (nSPS) is 11.1. The van der Waals surface area contributed by atoms with E-state index in [9.17, 15) is 22.4 Å². The van der Waals surface area contributed by atoms with E-state index in [2.05, 4.69) is 5.32 Å². The van der Waals surface area contributed by atoms with Crippen LogP contribution in [0.4, 0.5) is 4.39 Å². The predicted molar refractivity (Wildman–Crippen MR) is 98.0 cm³/mol. The van der Waals surface area contributed by atoms with E-state index < -0.39 is 28.3 Å². The Balaban J connectivity index is 1.88. The van der Waals surface area contributed by atoms with Crippen LogP contribution >= 0.6 is 11.6 Å². The summed E-state index contributed by atoms with van der Waals surface area (Å²) < 4.78 is 41.4. The molecule has 144 valence electrons. The summed E-state index contributed by atoms with van der Waals surface area (Å²) in [5, 5.41) is 2.51. The molecular formula is C18H17ClFNO5S. The number of esters is 1. The largest absolute Gasteiger partial charge is 0.452 e. The van der Waals surface area contributed by atoms with E-state index in [1.165, 1.54) is 18.2 Å². The first-order valence-electron chi connectivity index (χ1n) is 7.85. The lowest BCUT2D eigenvalue weighted by Crippen LogP contribution is -2.30. The van der Waals surface area contributed by atoms with Gasteiger partial charge in [-0.25, -0.2) is 17.6 Å². The van der Waals surface area contributed by atoms with Gasteiger partial charge in [-0.3, -0.25) is 4.79 Å². The number of sulfone groups is 1. The van der Waals surface area contributed by atoms with E-state index in [4.69, 9.17) is 16.3 Å². The standard InChI is InChI=1S/C18H17ClFNO5S/c1-27(24,25)13-6-7-15(19)14(10-13)18(23)26-11-17(22)21-9-8-12-4-2-3-5-16(12)20/h2-7,10H,8-9,11H2,1H3,(H,21,22). The molecule has 2 aromatic rings. The second-order valence-electron chi connectivity index (χ2n) is 5.68. The number of carbonyl (C=O) groups is 2. The molecule has 0 aliphatic rings. The first kappa shape index (κ1) is 20.9. The third-order valence-electron chi connectivity index (χ3n) is 3.59. The fourth-order valence-electron chi connectivity index (χ4n) is 2.19. The quantitative estimate of drug-likeness (QED) is 0.704. The van der Waals surface area contributed by atoms with Crippen molar-refractivity contribution < 1.29 is 27.1 Å². The lowest BCUT2D eigenvalue weighted by molar-refractivity contribution is -0.124. The van der Waals surface area contributed by atoms with Crippen LogP contribution in [0.25, 0.3) is 0 Å². The SMILES string of the molecule is CS(=O)(=O)c1ccc(Cl)c(C(=O)OCC(=O)NCCc2ccccc2F)c1. The number of benzene rings is 2. The number of halogens is 2. The highest BCUT2D eigenvalue weighted by molar-refractivity contribution is 7.90. The molecule has 0 radical (unpaired) electrons. The first-order chi connectivity index (χ1) is 12.7. The molecule has 0 aromatic heterocycles. The molecule has 0 fully saturated rings. The number of amides is 1. The van der Waals surface area contributed by atoms with Gasteiger partial charge >= 0.3 is 5.97 Å². The van der Waals surface area contributed by atoms with Crippen molar-refractivity contribution >= 4 is 33.3 Å². The van der Waals surface area contributed by atoms with Crippen LogP contribution < -0.4 is 5.32 Å². The second kappa shape index (κ2) is 8.96. The van der Waals surface area contributed by atoms with Crippen LogP contribution in [0.5, 0.6) is 0 Å². The maximum atomic E-state index is 13.5. The zero-order valence-electron chi connectivity index (χ0n) is 14.4. The summed E-state index contributed by atoms with van der Waals surface area (Å²) in [6.07, 6.45) is 1.28.